The summed E-state index contributed by atoms with van der Waals surface area (Å²) in [6.45, 7) is 7.67. The summed E-state index contributed by atoms with van der Waals surface area (Å²) in [6.07, 6.45) is 2.75. The number of hydrogen-bond acceptors (Lipinski definition) is 3. The highest BCUT2D eigenvalue weighted by atomic mass is 35.5. The normalized spacial score (nSPS) is 17.6. The van der Waals surface area contributed by atoms with Gasteiger partial charge in [-0.05, 0) is 18.6 Å². The zero-order chi connectivity index (χ0) is 11.4. The van der Waals surface area contributed by atoms with Crippen LogP contribution in [-0.4, -0.2) is 42.6 Å². The average molecular weight is 240 g/mol. The van der Waals surface area contributed by atoms with Gasteiger partial charge >= 0.3 is 0 Å². The number of nitrogens with one attached hydrogen (secondary N) is 1. The number of rotatable bonds is 3. The van der Waals surface area contributed by atoms with Gasteiger partial charge in [0.1, 0.15) is 0 Å². The fourth-order valence-corrected chi connectivity index (χ4v) is 2.24. The van der Waals surface area contributed by atoms with Crippen LogP contribution in [0.25, 0.3) is 0 Å². The first-order valence-corrected chi connectivity index (χ1v) is 6.17. The molecular weight excluding hydrogens is 222 g/mol. The molecule has 16 heavy (non-hydrogen) atoms. The van der Waals surface area contributed by atoms with Crippen LogP contribution in [-0.2, 0) is 6.42 Å². The van der Waals surface area contributed by atoms with E-state index in [9.17, 15) is 0 Å². The number of aromatic nitrogens is 1. The lowest BCUT2D eigenvalue weighted by Gasteiger charge is -2.27. The van der Waals surface area contributed by atoms with Gasteiger partial charge in [-0.25, -0.2) is 0 Å². The van der Waals surface area contributed by atoms with E-state index in [2.05, 4.69) is 22.1 Å². The molecule has 0 atom stereocenters. The zero-order valence-electron chi connectivity index (χ0n) is 9.67. The Kier molecular flexibility index (Phi) is 4.16. The van der Waals surface area contributed by atoms with E-state index >= 15 is 0 Å². The van der Waals surface area contributed by atoms with Gasteiger partial charge in [-0.2, -0.15) is 0 Å². The predicted molar refractivity (Wildman–Crippen MR) is 67.0 cm³/mol. The molecule has 1 fully saturated rings. The third-order valence-electron chi connectivity index (χ3n) is 3.03. The van der Waals surface area contributed by atoms with Crippen LogP contribution in [0.15, 0.2) is 12.3 Å². The number of halogens is 1. The van der Waals surface area contributed by atoms with E-state index < -0.39 is 0 Å². The third kappa shape index (κ3) is 3.17. The first-order valence-electron chi connectivity index (χ1n) is 5.80. The van der Waals surface area contributed by atoms with Crippen LogP contribution < -0.4 is 5.32 Å². The van der Waals surface area contributed by atoms with E-state index in [0.717, 1.165) is 44.2 Å². The van der Waals surface area contributed by atoms with Crippen molar-refractivity contribution >= 4 is 11.6 Å². The van der Waals surface area contributed by atoms with Crippen molar-refractivity contribution in [3.8, 4) is 0 Å². The molecule has 0 unspecified atom stereocenters. The molecule has 1 aliphatic rings. The summed E-state index contributed by atoms with van der Waals surface area (Å²) < 4.78 is 0. The maximum atomic E-state index is 5.88. The number of nitrogens with zero attached hydrogens (tertiary/aromatic N) is 2. The summed E-state index contributed by atoms with van der Waals surface area (Å²) >= 11 is 5.88. The maximum Gasteiger partial charge on any atom is 0.0592 e. The molecule has 1 aliphatic heterocycles. The number of hydrogen-bond donors (Lipinski definition) is 1. The smallest absolute Gasteiger partial charge is 0.0592 e. The molecule has 0 amide bonds. The van der Waals surface area contributed by atoms with E-state index in [1.807, 2.05) is 6.07 Å². The number of pyridine rings is 1. The predicted octanol–water partition coefficient (Wildman–Crippen LogP) is 1.49. The van der Waals surface area contributed by atoms with Crippen molar-refractivity contribution in [3.05, 3.63) is 28.5 Å². The minimum Gasteiger partial charge on any atom is -0.314 e. The molecule has 88 valence electrons. The van der Waals surface area contributed by atoms with E-state index in [4.69, 9.17) is 11.6 Å². The first-order chi connectivity index (χ1) is 7.75. The Morgan fingerprint density at radius 1 is 1.44 bits per heavy atom. The topological polar surface area (TPSA) is 28.2 Å². The second kappa shape index (κ2) is 5.62. The van der Waals surface area contributed by atoms with Gasteiger partial charge in [0.05, 0.1) is 5.02 Å². The van der Waals surface area contributed by atoms with Crippen LogP contribution in [0.1, 0.15) is 11.3 Å². The van der Waals surface area contributed by atoms with Crippen molar-refractivity contribution < 1.29 is 0 Å². The van der Waals surface area contributed by atoms with Crippen LogP contribution >= 0.6 is 11.6 Å². The van der Waals surface area contributed by atoms with E-state index in [0.29, 0.717) is 0 Å². The summed E-state index contributed by atoms with van der Waals surface area (Å²) in [5.41, 5.74) is 2.37. The molecule has 3 nitrogen and oxygen atoms in total. The van der Waals surface area contributed by atoms with Gasteiger partial charge in [-0.1, -0.05) is 11.6 Å². The van der Waals surface area contributed by atoms with Gasteiger partial charge in [0.15, 0.2) is 0 Å². The quantitative estimate of drug-likeness (QED) is 0.867. The second-order valence-electron chi connectivity index (χ2n) is 4.26. The molecule has 0 saturated carbocycles. The van der Waals surface area contributed by atoms with Crippen molar-refractivity contribution in [2.24, 2.45) is 0 Å². The summed E-state index contributed by atoms with van der Waals surface area (Å²) in [7, 11) is 0. The van der Waals surface area contributed by atoms with Crippen molar-refractivity contribution in [1.82, 2.24) is 15.2 Å². The molecule has 0 bridgehead atoms. The highest BCUT2D eigenvalue weighted by Gasteiger charge is 2.10. The zero-order valence-corrected chi connectivity index (χ0v) is 10.4. The minimum atomic E-state index is 0.725. The number of aryl methyl sites for hydroxylation is 1. The summed E-state index contributed by atoms with van der Waals surface area (Å²) in [4.78, 5) is 6.87. The Balaban J connectivity index is 1.88. The molecule has 1 saturated heterocycles. The highest BCUT2D eigenvalue weighted by molar-refractivity contribution is 6.30. The average Bonchev–Trinajstić information content (AvgIpc) is 2.29. The molecule has 0 spiro atoms. The maximum absolute atomic E-state index is 5.88. The molecule has 1 aromatic rings. The Hall–Kier alpha value is -0.640. The van der Waals surface area contributed by atoms with Gasteiger partial charge in [-0.3, -0.25) is 4.98 Å². The molecule has 1 aromatic heterocycles. The molecular formula is C12H18ClN3. The van der Waals surface area contributed by atoms with Gasteiger partial charge in [0, 0.05) is 51.0 Å². The lowest BCUT2D eigenvalue weighted by atomic mass is 10.1. The van der Waals surface area contributed by atoms with Crippen LogP contribution in [0.2, 0.25) is 5.02 Å². The molecule has 0 aliphatic carbocycles. The standard InChI is InChI=1S/C12H18ClN3/c1-10-8-11(13)9-15-12(10)2-5-16-6-3-14-4-7-16/h8-9,14H,2-7H2,1H3. The molecule has 4 heteroatoms. The van der Waals surface area contributed by atoms with Crippen LogP contribution in [0, 0.1) is 6.92 Å². The first kappa shape index (κ1) is 11.8. The molecule has 0 aromatic carbocycles. The SMILES string of the molecule is Cc1cc(Cl)cnc1CCN1CCNCC1. The van der Waals surface area contributed by atoms with Gasteiger partial charge in [0.2, 0.25) is 0 Å². The van der Waals surface area contributed by atoms with Crippen molar-refractivity contribution in [2.45, 2.75) is 13.3 Å². The van der Waals surface area contributed by atoms with Crippen LogP contribution in [0.5, 0.6) is 0 Å². The highest BCUT2D eigenvalue weighted by Crippen LogP contribution is 2.12. The Morgan fingerprint density at radius 3 is 2.88 bits per heavy atom. The summed E-state index contributed by atoms with van der Waals surface area (Å²) in [5, 5.41) is 4.08. The fourth-order valence-electron chi connectivity index (χ4n) is 2.03. The van der Waals surface area contributed by atoms with E-state index in [1.165, 1.54) is 11.3 Å². The van der Waals surface area contributed by atoms with Crippen molar-refractivity contribution in [1.29, 1.82) is 0 Å². The van der Waals surface area contributed by atoms with E-state index in [1.54, 1.807) is 6.20 Å². The fraction of sp³-hybridized carbons (Fsp3) is 0.583. The monoisotopic (exact) mass is 239 g/mol. The van der Waals surface area contributed by atoms with E-state index in [-0.39, 0.29) is 0 Å². The van der Waals surface area contributed by atoms with Crippen molar-refractivity contribution in [3.63, 3.8) is 0 Å². The Bertz CT molecular complexity index is 348. The van der Waals surface area contributed by atoms with Crippen LogP contribution in [0.3, 0.4) is 0 Å². The second-order valence-corrected chi connectivity index (χ2v) is 4.70. The number of piperazine rings is 1. The van der Waals surface area contributed by atoms with Gasteiger partial charge in [0.25, 0.3) is 0 Å². The Labute approximate surface area is 102 Å². The minimum absolute atomic E-state index is 0.725. The van der Waals surface area contributed by atoms with Gasteiger partial charge < -0.3 is 10.2 Å². The lowest BCUT2D eigenvalue weighted by Crippen LogP contribution is -2.44. The molecule has 2 heterocycles. The third-order valence-corrected chi connectivity index (χ3v) is 3.23. The van der Waals surface area contributed by atoms with Crippen LogP contribution in [0.4, 0.5) is 0 Å². The Morgan fingerprint density at radius 2 is 2.19 bits per heavy atom. The molecule has 2 rings (SSSR count). The lowest BCUT2D eigenvalue weighted by molar-refractivity contribution is 0.243. The largest absolute Gasteiger partial charge is 0.314 e. The summed E-state index contributed by atoms with van der Waals surface area (Å²) in [6, 6.07) is 1.99. The van der Waals surface area contributed by atoms with Crippen molar-refractivity contribution in [2.75, 3.05) is 32.7 Å². The molecule has 0 radical (unpaired) electrons. The molecule has 1 N–H and O–H groups in total. The van der Waals surface area contributed by atoms with Gasteiger partial charge in [-0.15, -0.1) is 0 Å². The summed E-state index contributed by atoms with van der Waals surface area (Å²) in [5.74, 6) is 0.